The normalized spacial score (nSPS) is 37.7. The molecule has 2 unspecified atom stereocenters. The number of hydrogen-bond donors (Lipinski definition) is 0. The zero-order valence-electron chi connectivity index (χ0n) is 22.5. The Kier molecular flexibility index (Phi) is 6.24. The highest BCUT2D eigenvalue weighted by atomic mass is 16.5. The molecule has 0 saturated carbocycles. The number of likely N-dealkylation sites (tertiary alicyclic amines) is 3. The second-order valence-electron chi connectivity index (χ2n) is 13.9. The molecule has 0 aliphatic carbocycles. The monoisotopic (exact) mass is 462 g/mol. The first kappa shape index (κ1) is 24.5. The lowest BCUT2D eigenvalue weighted by atomic mass is 9.78. The lowest BCUT2D eigenvalue weighted by Crippen LogP contribution is -2.69. The highest BCUT2D eigenvalue weighted by Gasteiger charge is 2.56. The Morgan fingerprint density at radius 1 is 0.879 bits per heavy atom. The molecular weight excluding hydrogens is 412 g/mol. The molecule has 0 radical (unpaired) electrons. The van der Waals surface area contributed by atoms with Gasteiger partial charge in [-0.3, -0.25) is 14.7 Å². The van der Waals surface area contributed by atoms with E-state index in [2.05, 4.69) is 68.1 Å². The third-order valence-electron chi connectivity index (χ3n) is 10.4. The van der Waals surface area contributed by atoms with Crippen molar-refractivity contribution in [1.82, 2.24) is 19.6 Å². The Balaban J connectivity index is 1.22. The van der Waals surface area contributed by atoms with Gasteiger partial charge in [0.15, 0.2) is 0 Å². The van der Waals surface area contributed by atoms with Gasteiger partial charge in [0.2, 0.25) is 0 Å². The number of hydrogen-bond acceptors (Lipinski definition) is 6. The third kappa shape index (κ3) is 4.31. The molecule has 6 nitrogen and oxygen atoms in total. The van der Waals surface area contributed by atoms with Crippen LogP contribution in [0.15, 0.2) is 0 Å². The van der Waals surface area contributed by atoms with E-state index >= 15 is 0 Å². The molecule has 0 amide bonds. The van der Waals surface area contributed by atoms with Crippen LogP contribution < -0.4 is 0 Å². The van der Waals surface area contributed by atoms with Crippen LogP contribution in [0.3, 0.4) is 0 Å². The first-order valence-corrected chi connectivity index (χ1v) is 13.6. The van der Waals surface area contributed by atoms with Crippen LogP contribution in [0, 0.1) is 5.41 Å². The number of fused-ring (bicyclic) bond motifs is 2. The van der Waals surface area contributed by atoms with Crippen molar-refractivity contribution in [1.29, 1.82) is 0 Å². The Morgan fingerprint density at radius 2 is 1.64 bits per heavy atom. The topological polar surface area (TPSA) is 31.4 Å². The molecule has 5 saturated heterocycles. The van der Waals surface area contributed by atoms with Crippen LogP contribution in [0.25, 0.3) is 0 Å². The molecule has 1 spiro atoms. The maximum absolute atomic E-state index is 6.60. The summed E-state index contributed by atoms with van der Waals surface area (Å²) in [7, 11) is 0. The second-order valence-corrected chi connectivity index (χ2v) is 13.9. The fourth-order valence-corrected chi connectivity index (χ4v) is 7.48. The van der Waals surface area contributed by atoms with E-state index in [9.17, 15) is 0 Å². The molecule has 0 aromatic rings. The molecule has 33 heavy (non-hydrogen) atoms. The lowest BCUT2D eigenvalue weighted by Gasteiger charge is -2.56. The molecular formula is C27H50N4O2. The highest BCUT2D eigenvalue weighted by Crippen LogP contribution is 2.45. The van der Waals surface area contributed by atoms with Crippen LogP contribution >= 0.6 is 0 Å². The van der Waals surface area contributed by atoms with E-state index in [0.29, 0.717) is 29.2 Å². The molecule has 5 aliphatic rings. The molecule has 5 fully saturated rings. The predicted octanol–water partition coefficient (Wildman–Crippen LogP) is 3.26. The summed E-state index contributed by atoms with van der Waals surface area (Å²) in [5.41, 5.74) is 0.934. The zero-order valence-corrected chi connectivity index (χ0v) is 22.5. The van der Waals surface area contributed by atoms with Crippen molar-refractivity contribution >= 4 is 0 Å². The average molecular weight is 463 g/mol. The maximum atomic E-state index is 6.60. The lowest BCUT2D eigenvalue weighted by molar-refractivity contribution is -0.142. The SMILES string of the molecule is CC(C)(C)N1CCC2(CCN(CC3O[C@@H]4C[C@H]3N(C(C)(C)C(C)(C)N3CCCOC3)C4)C2)C1. The van der Waals surface area contributed by atoms with Gasteiger partial charge in [-0.15, -0.1) is 0 Å². The summed E-state index contributed by atoms with van der Waals surface area (Å²) in [6.07, 6.45) is 5.83. The fraction of sp³-hybridized carbons (Fsp3) is 1.00. The van der Waals surface area contributed by atoms with Gasteiger partial charge in [0.1, 0.15) is 0 Å². The average Bonchev–Trinajstić information content (AvgIpc) is 3.53. The minimum atomic E-state index is 0.0560. The van der Waals surface area contributed by atoms with Crippen LogP contribution in [0.1, 0.15) is 74.1 Å². The highest BCUT2D eigenvalue weighted by molar-refractivity contribution is 5.11. The number of ether oxygens (including phenoxy) is 2. The van der Waals surface area contributed by atoms with Crippen molar-refractivity contribution in [3.63, 3.8) is 0 Å². The summed E-state index contributed by atoms with van der Waals surface area (Å²) in [5.74, 6) is 0. The zero-order chi connectivity index (χ0) is 23.6. The molecule has 4 atom stereocenters. The number of morpholine rings is 1. The summed E-state index contributed by atoms with van der Waals surface area (Å²) in [6, 6.07) is 0.543. The van der Waals surface area contributed by atoms with E-state index in [1.807, 2.05) is 0 Å². The Morgan fingerprint density at radius 3 is 2.27 bits per heavy atom. The molecule has 5 heterocycles. The van der Waals surface area contributed by atoms with E-state index in [0.717, 1.165) is 39.4 Å². The number of rotatable bonds is 5. The van der Waals surface area contributed by atoms with Gasteiger partial charge >= 0.3 is 0 Å². The molecule has 5 aliphatic heterocycles. The molecule has 2 bridgehead atoms. The molecule has 0 N–H and O–H groups in total. The van der Waals surface area contributed by atoms with Gasteiger partial charge in [-0.1, -0.05) is 0 Å². The quantitative estimate of drug-likeness (QED) is 0.623. The van der Waals surface area contributed by atoms with Crippen molar-refractivity contribution in [3.05, 3.63) is 0 Å². The molecule has 190 valence electrons. The standard InChI is InChI=1S/C27H50N4O2/c1-24(2,3)29-13-10-27(19-29)9-12-28(18-27)17-23-22-15-21(33-23)16-31(22)26(6,7)25(4,5)30-11-8-14-32-20-30/h21-23H,8-20H2,1-7H3/t21-,22-,23?,27?/m1/s1. The third-order valence-corrected chi connectivity index (χ3v) is 10.4. The fourth-order valence-electron chi connectivity index (χ4n) is 7.48. The van der Waals surface area contributed by atoms with Crippen LogP contribution in [-0.4, -0.2) is 114 Å². The van der Waals surface area contributed by atoms with Gasteiger partial charge in [0.05, 0.1) is 18.9 Å². The van der Waals surface area contributed by atoms with E-state index in [-0.39, 0.29) is 11.1 Å². The van der Waals surface area contributed by atoms with Crippen LogP contribution in [0.2, 0.25) is 0 Å². The van der Waals surface area contributed by atoms with Gasteiger partial charge in [-0.05, 0) is 92.7 Å². The maximum Gasteiger partial charge on any atom is 0.0995 e. The minimum absolute atomic E-state index is 0.0560. The molecule has 0 aromatic carbocycles. The van der Waals surface area contributed by atoms with Crippen molar-refractivity contribution in [2.24, 2.45) is 5.41 Å². The van der Waals surface area contributed by atoms with Gasteiger partial charge < -0.3 is 14.4 Å². The van der Waals surface area contributed by atoms with Gasteiger partial charge in [0.25, 0.3) is 0 Å². The summed E-state index contributed by atoms with van der Waals surface area (Å²) in [5, 5.41) is 0. The first-order chi connectivity index (χ1) is 15.4. The Hall–Kier alpha value is -0.240. The molecule has 0 aromatic heterocycles. The summed E-state index contributed by atoms with van der Waals surface area (Å²) in [4.78, 5) is 10.8. The second kappa shape index (κ2) is 8.41. The first-order valence-electron chi connectivity index (χ1n) is 13.6. The molecule has 5 rings (SSSR count). The predicted molar refractivity (Wildman–Crippen MR) is 134 cm³/mol. The minimum Gasteiger partial charge on any atom is -0.371 e. The van der Waals surface area contributed by atoms with Crippen molar-refractivity contribution in [3.8, 4) is 0 Å². The largest absolute Gasteiger partial charge is 0.371 e. The van der Waals surface area contributed by atoms with Crippen LogP contribution in [0.4, 0.5) is 0 Å². The Bertz CT molecular complexity index is 713. The van der Waals surface area contributed by atoms with E-state index in [1.165, 1.54) is 45.4 Å². The van der Waals surface area contributed by atoms with Crippen LogP contribution in [0.5, 0.6) is 0 Å². The van der Waals surface area contributed by atoms with Crippen molar-refractivity contribution in [2.75, 3.05) is 59.2 Å². The van der Waals surface area contributed by atoms with E-state index in [4.69, 9.17) is 9.47 Å². The summed E-state index contributed by atoms with van der Waals surface area (Å²) in [6.45, 7) is 26.9. The van der Waals surface area contributed by atoms with Crippen LogP contribution in [-0.2, 0) is 9.47 Å². The van der Waals surface area contributed by atoms with Crippen molar-refractivity contribution < 1.29 is 9.47 Å². The van der Waals surface area contributed by atoms with Gasteiger partial charge in [-0.2, -0.15) is 0 Å². The van der Waals surface area contributed by atoms with Crippen molar-refractivity contribution in [2.45, 2.75) is 109 Å². The smallest absolute Gasteiger partial charge is 0.0995 e. The van der Waals surface area contributed by atoms with Gasteiger partial charge in [-0.25, -0.2) is 0 Å². The number of nitrogens with zero attached hydrogens (tertiary/aromatic N) is 4. The van der Waals surface area contributed by atoms with E-state index in [1.54, 1.807) is 0 Å². The summed E-state index contributed by atoms with van der Waals surface area (Å²) >= 11 is 0. The van der Waals surface area contributed by atoms with Gasteiger partial charge in [0, 0.05) is 62.0 Å². The van der Waals surface area contributed by atoms with E-state index < -0.39 is 0 Å². The summed E-state index contributed by atoms with van der Waals surface area (Å²) < 4.78 is 12.4. The Labute approximate surface area is 202 Å². The molecule has 6 heteroatoms.